The Bertz CT molecular complexity index is 1880. The topological polar surface area (TPSA) is 166 Å². The van der Waals surface area contributed by atoms with Crippen LogP contribution in [0.5, 0.6) is 11.5 Å². The molecule has 3 heterocycles. The van der Waals surface area contributed by atoms with Crippen molar-refractivity contribution in [3.8, 4) is 22.8 Å². The van der Waals surface area contributed by atoms with Crippen LogP contribution < -0.4 is 25.8 Å². The predicted octanol–water partition coefficient (Wildman–Crippen LogP) is 4.67. The minimum atomic E-state index is -1.59. The predicted molar refractivity (Wildman–Crippen MR) is 176 cm³/mol. The summed E-state index contributed by atoms with van der Waals surface area (Å²) in [6.45, 7) is 3.91. The molecule has 2 aromatic heterocycles. The third-order valence-corrected chi connectivity index (χ3v) is 8.83. The summed E-state index contributed by atoms with van der Waals surface area (Å²) in [5, 5.41) is 18.0. The number of rotatable bonds is 13. The van der Waals surface area contributed by atoms with Gasteiger partial charge in [0.15, 0.2) is 5.78 Å². The number of benzene rings is 2. The molecule has 3 amide bonds. The number of carbonyl (C=O) groups is 3. The van der Waals surface area contributed by atoms with Crippen LogP contribution in [0.15, 0.2) is 60.8 Å². The number of nitrogens with two attached hydrogens (primary N) is 1. The van der Waals surface area contributed by atoms with E-state index in [9.17, 15) is 23.9 Å². The van der Waals surface area contributed by atoms with Crippen LogP contribution in [0.4, 0.5) is 9.18 Å². The number of urea groups is 1. The molecule has 12 heteroatoms. The van der Waals surface area contributed by atoms with Gasteiger partial charge in [0.1, 0.15) is 46.1 Å². The van der Waals surface area contributed by atoms with Gasteiger partial charge in [0.05, 0.1) is 11.8 Å². The Morgan fingerprint density at radius 3 is 2.60 bits per heavy atom. The molecule has 48 heavy (non-hydrogen) atoms. The second-order valence-electron chi connectivity index (χ2n) is 12.8. The number of fused-ring (bicyclic) bond motifs is 2. The minimum Gasteiger partial charge on any atom is -0.489 e. The number of carbonyl (C=O) groups excluding carboxylic acids is 3. The molecule has 0 saturated heterocycles. The van der Waals surface area contributed by atoms with Crippen LogP contribution in [0.1, 0.15) is 67.6 Å². The molecule has 1 aliphatic heterocycles. The van der Waals surface area contributed by atoms with E-state index in [2.05, 4.69) is 15.6 Å². The third kappa shape index (κ3) is 6.93. The quantitative estimate of drug-likeness (QED) is 0.119. The Kier molecular flexibility index (Phi) is 9.02. The summed E-state index contributed by atoms with van der Waals surface area (Å²) >= 11 is 0. The zero-order valence-electron chi connectivity index (χ0n) is 26.8. The Balaban J connectivity index is 1.27. The second-order valence-corrected chi connectivity index (χ2v) is 12.8. The van der Waals surface area contributed by atoms with E-state index in [0.717, 1.165) is 18.2 Å². The first-order valence-electron chi connectivity index (χ1n) is 16.0. The largest absolute Gasteiger partial charge is 0.489 e. The molecule has 1 fully saturated rings. The Hall–Kier alpha value is -5.10. The number of ketones is 1. The van der Waals surface area contributed by atoms with Gasteiger partial charge in [0, 0.05) is 47.8 Å². The van der Waals surface area contributed by atoms with Crippen LogP contribution in [0.25, 0.3) is 22.2 Å². The number of aromatic nitrogens is 2. The van der Waals surface area contributed by atoms with Gasteiger partial charge < -0.3 is 30.9 Å². The molecule has 11 nitrogen and oxygen atoms in total. The molecule has 2 aliphatic rings. The normalized spacial score (nSPS) is 18.0. The minimum absolute atomic E-state index is 0.000123. The van der Waals surface area contributed by atoms with E-state index in [1.165, 1.54) is 12.1 Å². The lowest BCUT2D eigenvalue weighted by atomic mass is 9.81. The van der Waals surface area contributed by atoms with E-state index in [1.807, 2.05) is 6.07 Å². The first-order chi connectivity index (χ1) is 22.9. The molecule has 6 rings (SSSR count). The summed E-state index contributed by atoms with van der Waals surface area (Å²) in [6.07, 6.45) is 4.23. The van der Waals surface area contributed by atoms with E-state index in [1.54, 1.807) is 56.4 Å². The molecule has 0 bridgehead atoms. The number of hydrogen-bond donors (Lipinski definition) is 4. The summed E-state index contributed by atoms with van der Waals surface area (Å²) in [5.74, 6) is 0.00499. The summed E-state index contributed by atoms with van der Waals surface area (Å²) in [7, 11) is 0. The number of nitrogens with one attached hydrogen (secondary N) is 2. The zero-order chi connectivity index (χ0) is 34.1. The van der Waals surface area contributed by atoms with Crippen molar-refractivity contribution in [2.24, 2.45) is 5.73 Å². The highest BCUT2D eigenvalue weighted by Gasteiger charge is 2.46. The first-order valence-corrected chi connectivity index (χ1v) is 16.0. The number of pyridine rings is 2. The Labute approximate surface area is 277 Å². The molecule has 250 valence electrons. The van der Waals surface area contributed by atoms with E-state index in [4.69, 9.17) is 20.2 Å². The Morgan fingerprint density at radius 1 is 1.12 bits per heavy atom. The van der Waals surface area contributed by atoms with Gasteiger partial charge in [-0.2, -0.15) is 0 Å². The zero-order valence-corrected chi connectivity index (χ0v) is 26.8. The van der Waals surface area contributed by atoms with Crippen molar-refractivity contribution < 1.29 is 33.4 Å². The summed E-state index contributed by atoms with van der Waals surface area (Å²) in [4.78, 5) is 47.3. The van der Waals surface area contributed by atoms with E-state index in [0.29, 0.717) is 52.4 Å². The molecule has 1 aliphatic carbocycles. The van der Waals surface area contributed by atoms with Crippen molar-refractivity contribution in [1.29, 1.82) is 0 Å². The average molecular weight is 656 g/mol. The van der Waals surface area contributed by atoms with Crippen molar-refractivity contribution in [3.05, 3.63) is 83.4 Å². The fourth-order valence-electron chi connectivity index (χ4n) is 5.75. The monoisotopic (exact) mass is 655 g/mol. The number of Topliss-reactive ketones (excluding diaryl/α,β-unsaturated/α-hetero) is 1. The number of halogens is 1. The van der Waals surface area contributed by atoms with Crippen LogP contribution >= 0.6 is 0 Å². The lowest BCUT2D eigenvalue weighted by Gasteiger charge is -2.26. The van der Waals surface area contributed by atoms with Crippen molar-refractivity contribution in [3.63, 3.8) is 0 Å². The Morgan fingerprint density at radius 2 is 1.88 bits per heavy atom. The van der Waals surface area contributed by atoms with Gasteiger partial charge in [-0.1, -0.05) is 6.07 Å². The van der Waals surface area contributed by atoms with Gasteiger partial charge in [0.25, 0.3) is 0 Å². The lowest BCUT2D eigenvalue weighted by molar-refractivity contribution is -0.126. The molecular formula is C36H38FN5O6. The van der Waals surface area contributed by atoms with Crippen LogP contribution in [0.2, 0.25) is 0 Å². The maximum absolute atomic E-state index is 13.9. The molecule has 5 N–H and O–H groups in total. The highest BCUT2D eigenvalue weighted by molar-refractivity contribution is 6.01. The second kappa shape index (κ2) is 13.2. The SMILES string of the molecule is C[C@](O)(CCC(=O)c1cc(OC2CC2)c2ncccc2c1)c1cc2c(c(-c3ccc(F)cc3)n1)OC[C@]2(C)C(=O)NCCCNC(N)=O. The average Bonchev–Trinajstić information content (AvgIpc) is 3.82. The maximum atomic E-state index is 13.9. The number of primary amides is 1. The molecular weight excluding hydrogens is 617 g/mol. The molecule has 0 unspecified atom stereocenters. The molecule has 0 radical (unpaired) electrons. The van der Waals surface area contributed by atoms with Gasteiger partial charge in [0.2, 0.25) is 5.91 Å². The van der Waals surface area contributed by atoms with Gasteiger partial charge in [-0.05, 0) is 88.1 Å². The fourth-order valence-corrected chi connectivity index (χ4v) is 5.75. The van der Waals surface area contributed by atoms with Gasteiger partial charge in [-0.3, -0.25) is 14.6 Å². The van der Waals surface area contributed by atoms with Gasteiger partial charge >= 0.3 is 6.03 Å². The van der Waals surface area contributed by atoms with Crippen LogP contribution in [0.3, 0.4) is 0 Å². The van der Waals surface area contributed by atoms with Crippen molar-refractivity contribution in [1.82, 2.24) is 20.6 Å². The van der Waals surface area contributed by atoms with Crippen LogP contribution in [-0.2, 0) is 15.8 Å². The highest BCUT2D eigenvalue weighted by atomic mass is 19.1. The van der Waals surface area contributed by atoms with Gasteiger partial charge in [-0.25, -0.2) is 14.2 Å². The summed E-state index contributed by atoms with van der Waals surface area (Å²) in [5.41, 5.74) is 5.16. The number of aliphatic hydroxyl groups is 1. The molecule has 2 aromatic carbocycles. The van der Waals surface area contributed by atoms with E-state index >= 15 is 0 Å². The van der Waals surface area contributed by atoms with Crippen molar-refractivity contribution in [2.45, 2.75) is 63.1 Å². The van der Waals surface area contributed by atoms with Crippen molar-refractivity contribution in [2.75, 3.05) is 19.7 Å². The number of nitrogens with zero attached hydrogens (tertiary/aromatic N) is 2. The van der Waals surface area contributed by atoms with E-state index < -0.39 is 22.9 Å². The van der Waals surface area contributed by atoms with Crippen LogP contribution in [0, 0.1) is 5.82 Å². The smallest absolute Gasteiger partial charge is 0.312 e. The number of hydrogen-bond acceptors (Lipinski definition) is 8. The summed E-state index contributed by atoms with van der Waals surface area (Å²) < 4.78 is 26.0. The first kappa shape index (κ1) is 32.8. The number of amides is 3. The maximum Gasteiger partial charge on any atom is 0.312 e. The standard InChI is InChI=1S/C36H38FN5O6/c1-35(33(44)40-15-4-16-41-34(38)45)20-47-32-26(35)19-29(42-31(32)21-6-8-24(37)9-7-21)36(2,46)13-12-27(43)23-17-22-5-3-14-39-30(22)28(18-23)48-25-10-11-25/h3,5-9,14,17-19,25,46H,4,10-13,15-16,20H2,1-2H3,(H,40,44)(H3,38,41,45)/t35-,36-/m0/s1. The fraction of sp³-hybridized carbons (Fsp3) is 0.361. The third-order valence-electron chi connectivity index (χ3n) is 8.83. The molecule has 4 aromatic rings. The van der Waals surface area contributed by atoms with Gasteiger partial charge in [-0.15, -0.1) is 0 Å². The molecule has 0 spiro atoms. The molecule has 1 saturated carbocycles. The lowest BCUT2D eigenvalue weighted by Crippen LogP contribution is -2.44. The van der Waals surface area contributed by atoms with Crippen LogP contribution in [-0.4, -0.2) is 58.6 Å². The van der Waals surface area contributed by atoms with Crippen molar-refractivity contribution >= 4 is 28.6 Å². The molecule has 2 atom stereocenters. The highest BCUT2D eigenvalue weighted by Crippen LogP contribution is 2.46. The number of ether oxygens (including phenoxy) is 2. The summed E-state index contributed by atoms with van der Waals surface area (Å²) in [6, 6.07) is 13.9. The van der Waals surface area contributed by atoms with E-state index in [-0.39, 0.29) is 49.5 Å².